The van der Waals surface area contributed by atoms with Crippen LogP contribution in [0.3, 0.4) is 0 Å². The quantitative estimate of drug-likeness (QED) is 0.716. The van der Waals surface area contributed by atoms with Gasteiger partial charge in [-0.2, -0.15) is 5.26 Å². The first-order valence-corrected chi connectivity index (χ1v) is 12.3. The van der Waals surface area contributed by atoms with Gasteiger partial charge in [0.2, 0.25) is 0 Å². The number of amidine groups is 1. The molecule has 0 radical (unpaired) electrons. The van der Waals surface area contributed by atoms with E-state index in [1.807, 2.05) is 43.8 Å². The molecule has 3 aliphatic rings. The van der Waals surface area contributed by atoms with E-state index < -0.39 is 11.6 Å². The number of hydrogen-bond donors (Lipinski definition) is 1. The van der Waals surface area contributed by atoms with Crippen molar-refractivity contribution < 1.29 is 9.53 Å². The number of carbonyl (C=O) groups is 1. The van der Waals surface area contributed by atoms with Crippen LogP contribution in [0.5, 0.6) is 0 Å². The van der Waals surface area contributed by atoms with Crippen molar-refractivity contribution >= 4 is 17.6 Å². The Morgan fingerprint density at radius 3 is 2.35 bits per heavy atom. The standard InChI is InChI=1S/C26H36N6O2/c1-26(2,3)34-25(33)32-15-11-20(12-16-32)19-7-9-21(10-8-19)28-24-22(17-27)30(4)18-23(29-24)31-13-5-6-14-31/h7-10,18,20,22H,5-6,11-16H2,1-4H3,(H,28,29). The Hall–Kier alpha value is -3.21. The SMILES string of the molecule is CN1C=C(N2CCCC2)N=C(Nc2ccc(C3CCN(C(=O)OC(C)(C)C)CC3)cc2)C1C#N. The minimum absolute atomic E-state index is 0.224. The number of rotatable bonds is 3. The van der Waals surface area contributed by atoms with Gasteiger partial charge in [0.25, 0.3) is 0 Å². The number of benzene rings is 1. The fraction of sp³-hybridized carbons (Fsp3) is 0.577. The van der Waals surface area contributed by atoms with Gasteiger partial charge in [0.1, 0.15) is 17.3 Å². The Kier molecular flexibility index (Phi) is 7.01. The number of aliphatic imine (C=N–C) groups is 1. The molecule has 1 unspecified atom stereocenters. The molecule has 1 N–H and O–H groups in total. The van der Waals surface area contributed by atoms with Gasteiger partial charge in [0, 0.05) is 45.1 Å². The van der Waals surface area contributed by atoms with Crippen LogP contribution < -0.4 is 5.32 Å². The molecule has 3 aliphatic heterocycles. The molecule has 1 aromatic rings. The summed E-state index contributed by atoms with van der Waals surface area (Å²) in [5, 5.41) is 13.1. The number of nitrogens with one attached hydrogen (secondary N) is 1. The van der Waals surface area contributed by atoms with Gasteiger partial charge in [0.05, 0.1) is 6.07 Å². The molecule has 1 amide bonds. The fourth-order valence-corrected chi connectivity index (χ4v) is 4.72. The maximum absolute atomic E-state index is 12.3. The number of anilines is 1. The van der Waals surface area contributed by atoms with Gasteiger partial charge >= 0.3 is 6.09 Å². The van der Waals surface area contributed by atoms with Gasteiger partial charge in [-0.3, -0.25) is 0 Å². The van der Waals surface area contributed by atoms with Crippen LogP contribution in [-0.2, 0) is 4.74 Å². The summed E-state index contributed by atoms with van der Waals surface area (Å²) < 4.78 is 5.51. The van der Waals surface area contributed by atoms with Crippen LogP contribution in [0.15, 0.2) is 41.3 Å². The zero-order chi connectivity index (χ0) is 24.3. The van der Waals surface area contributed by atoms with Crippen LogP contribution in [0.4, 0.5) is 10.5 Å². The van der Waals surface area contributed by atoms with E-state index in [9.17, 15) is 10.1 Å². The lowest BCUT2D eigenvalue weighted by Gasteiger charge is -2.33. The van der Waals surface area contributed by atoms with E-state index >= 15 is 0 Å². The lowest BCUT2D eigenvalue weighted by molar-refractivity contribution is 0.0205. The van der Waals surface area contributed by atoms with Gasteiger partial charge < -0.3 is 24.8 Å². The van der Waals surface area contributed by atoms with Crippen molar-refractivity contribution in [2.75, 3.05) is 38.5 Å². The number of carbonyl (C=O) groups excluding carboxylic acids is 1. The lowest BCUT2D eigenvalue weighted by atomic mass is 9.89. The molecule has 4 rings (SSSR count). The highest BCUT2D eigenvalue weighted by Crippen LogP contribution is 2.30. The smallest absolute Gasteiger partial charge is 0.410 e. The summed E-state index contributed by atoms with van der Waals surface area (Å²) in [4.78, 5) is 23.1. The maximum Gasteiger partial charge on any atom is 0.410 e. The molecule has 2 saturated heterocycles. The van der Waals surface area contributed by atoms with Crippen molar-refractivity contribution in [2.45, 2.75) is 64.0 Å². The minimum atomic E-state index is -0.468. The van der Waals surface area contributed by atoms with Crippen LogP contribution >= 0.6 is 0 Å². The monoisotopic (exact) mass is 464 g/mol. The number of likely N-dealkylation sites (N-methyl/N-ethyl adjacent to an activating group) is 1. The van der Waals surface area contributed by atoms with Crippen molar-refractivity contribution in [3.05, 3.63) is 41.8 Å². The first-order valence-electron chi connectivity index (χ1n) is 12.3. The number of likely N-dealkylation sites (tertiary alicyclic amines) is 2. The average molecular weight is 465 g/mol. The third-order valence-electron chi connectivity index (χ3n) is 6.57. The molecule has 0 aromatic heterocycles. The summed E-state index contributed by atoms with van der Waals surface area (Å²) in [6.07, 6.45) is 5.95. The predicted octanol–water partition coefficient (Wildman–Crippen LogP) is 4.34. The van der Waals surface area contributed by atoms with Crippen LogP contribution in [0.2, 0.25) is 0 Å². The Morgan fingerprint density at radius 2 is 1.76 bits per heavy atom. The second kappa shape index (κ2) is 9.96. The first kappa shape index (κ1) is 23.9. The molecule has 0 bridgehead atoms. The Morgan fingerprint density at radius 1 is 1.12 bits per heavy atom. The number of ether oxygens (including phenoxy) is 1. The molecule has 1 aromatic carbocycles. The van der Waals surface area contributed by atoms with Crippen LogP contribution in [0.1, 0.15) is 57.9 Å². The second-order valence-corrected chi connectivity index (χ2v) is 10.4. The number of nitriles is 1. The topological polar surface area (TPSA) is 84.2 Å². The number of piperidine rings is 1. The van der Waals surface area contributed by atoms with E-state index in [-0.39, 0.29) is 6.09 Å². The Labute approximate surface area is 202 Å². The third kappa shape index (κ3) is 5.64. The summed E-state index contributed by atoms with van der Waals surface area (Å²) in [7, 11) is 1.92. The summed E-state index contributed by atoms with van der Waals surface area (Å²) in [5.41, 5.74) is 1.72. The van der Waals surface area contributed by atoms with Crippen molar-refractivity contribution in [1.82, 2.24) is 14.7 Å². The minimum Gasteiger partial charge on any atom is -0.444 e. The molecule has 3 heterocycles. The molecule has 1 atom stereocenters. The second-order valence-electron chi connectivity index (χ2n) is 10.4. The Bertz CT molecular complexity index is 974. The molecule has 34 heavy (non-hydrogen) atoms. The highest BCUT2D eigenvalue weighted by molar-refractivity contribution is 6.02. The van der Waals surface area contributed by atoms with E-state index in [0.29, 0.717) is 24.8 Å². The van der Waals surface area contributed by atoms with Crippen molar-refractivity contribution in [3.8, 4) is 6.07 Å². The number of nitrogens with zero attached hydrogens (tertiary/aromatic N) is 5. The van der Waals surface area contributed by atoms with Gasteiger partial charge in [-0.25, -0.2) is 9.79 Å². The maximum atomic E-state index is 12.3. The van der Waals surface area contributed by atoms with Crippen molar-refractivity contribution in [2.24, 2.45) is 4.99 Å². The highest BCUT2D eigenvalue weighted by Gasteiger charge is 2.29. The first-order chi connectivity index (χ1) is 16.2. The van der Waals surface area contributed by atoms with Crippen LogP contribution in [0, 0.1) is 11.3 Å². The highest BCUT2D eigenvalue weighted by atomic mass is 16.6. The Balaban J connectivity index is 1.38. The van der Waals surface area contributed by atoms with E-state index in [0.717, 1.165) is 37.4 Å². The van der Waals surface area contributed by atoms with Gasteiger partial charge in [-0.05, 0) is 70.1 Å². The third-order valence-corrected chi connectivity index (χ3v) is 6.57. The molecular formula is C26H36N6O2. The molecule has 8 heteroatoms. The number of hydrogen-bond acceptors (Lipinski definition) is 7. The van der Waals surface area contributed by atoms with E-state index in [1.54, 1.807) is 0 Å². The van der Waals surface area contributed by atoms with E-state index in [2.05, 4.69) is 40.6 Å². The summed E-state index contributed by atoms with van der Waals surface area (Å²) >= 11 is 0. The average Bonchev–Trinajstić information content (AvgIpc) is 3.34. The lowest BCUT2D eigenvalue weighted by Crippen LogP contribution is -2.42. The summed E-state index contributed by atoms with van der Waals surface area (Å²) in [5.74, 6) is 2.00. The normalized spacial score (nSPS) is 21.6. The number of amides is 1. The largest absolute Gasteiger partial charge is 0.444 e. The van der Waals surface area contributed by atoms with Gasteiger partial charge in [0.15, 0.2) is 6.04 Å². The van der Waals surface area contributed by atoms with Crippen LogP contribution in [0.25, 0.3) is 0 Å². The molecule has 0 saturated carbocycles. The fourth-order valence-electron chi connectivity index (χ4n) is 4.72. The molecular weight excluding hydrogens is 428 g/mol. The van der Waals surface area contributed by atoms with Crippen LogP contribution in [-0.4, -0.2) is 71.5 Å². The van der Waals surface area contributed by atoms with Gasteiger partial charge in [-0.1, -0.05) is 12.1 Å². The molecule has 182 valence electrons. The molecule has 0 spiro atoms. The van der Waals surface area contributed by atoms with E-state index in [4.69, 9.17) is 9.73 Å². The summed E-state index contributed by atoms with van der Waals surface area (Å²) in [6, 6.07) is 10.3. The van der Waals surface area contributed by atoms with Crippen molar-refractivity contribution in [1.29, 1.82) is 5.26 Å². The summed E-state index contributed by atoms with van der Waals surface area (Å²) in [6.45, 7) is 9.12. The molecule has 0 aliphatic carbocycles. The van der Waals surface area contributed by atoms with Gasteiger partial charge in [-0.15, -0.1) is 0 Å². The molecule has 8 nitrogen and oxygen atoms in total. The van der Waals surface area contributed by atoms with Crippen molar-refractivity contribution in [3.63, 3.8) is 0 Å². The predicted molar refractivity (Wildman–Crippen MR) is 133 cm³/mol. The zero-order valence-electron chi connectivity index (χ0n) is 20.8. The zero-order valence-corrected chi connectivity index (χ0v) is 20.8. The van der Waals surface area contributed by atoms with E-state index in [1.165, 1.54) is 18.4 Å². The molecule has 2 fully saturated rings.